The number of rotatable bonds is 5. The highest BCUT2D eigenvalue weighted by Gasteiger charge is 2.15. The fraction of sp³-hybridized carbons (Fsp3) is 0.444. The molecule has 0 aromatic carbocycles. The molecule has 0 bridgehead atoms. The first-order valence-corrected chi connectivity index (χ1v) is 5.87. The Balaban J connectivity index is 2.79. The molecular weight excluding hydrogens is 236 g/mol. The fourth-order valence-electron chi connectivity index (χ4n) is 1.04. The van der Waals surface area contributed by atoms with E-state index >= 15 is 0 Å². The van der Waals surface area contributed by atoms with Gasteiger partial charge in [-0.05, 0) is 12.5 Å². The van der Waals surface area contributed by atoms with Crippen molar-refractivity contribution in [2.24, 2.45) is 0 Å². The van der Waals surface area contributed by atoms with Gasteiger partial charge in [-0.1, -0.05) is 6.92 Å². The summed E-state index contributed by atoms with van der Waals surface area (Å²) in [5, 5.41) is 11.0. The number of thioether (sulfide) groups is 1. The Bertz CT molecular complexity index is 349. The number of nitrogens with zero attached hydrogens (tertiary/aromatic N) is 2. The molecule has 0 fully saturated rings. The zero-order valence-corrected chi connectivity index (χ0v) is 9.79. The molecule has 1 atom stereocenters. The second-order valence-electron chi connectivity index (χ2n) is 3.01. The molecule has 4 nitrogen and oxygen atoms in total. The van der Waals surface area contributed by atoms with Gasteiger partial charge < -0.3 is 0 Å². The first kappa shape index (κ1) is 12.3. The maximum atomic E-state index is 10.7. The predicted octanol–water partition coefficient (Wildman–Crippen LogP) is 3.10. The molecule has 1 heterocycles. The maximum Gasteiger partial charge on any atom is 0.300 e. The monoisotopic (exact) mass is 246 g/mol. The van der Waals surface area contributed by atoms with E-state index in [1.807, 2.05) is 6.92 Å². The number of hydrogen-bond donors (Lipinski definition) is 0. The SMILES string of the molecule is CC(CCCl)Sc1ccncc1[N+](=O)[O-]. The highest BCUT2D eigenvalue weighted by molar-refractivity contribution is 8.00. The Morgan fingerprint density at radius 1 is 1.73 bits per heavy atom. The van der Waals surface area contributed by atoms with Crippen molar-refractivity contribution >= 4 is 29.1 Å². The Morgan fingerprint density at radius 3 is 3.07 bits per heavy atom. The minimum Gasteiger partial charge on any atom is -0.258 e. The van der Waals surface area contributed by atoms with Crippen molar-refractivity contribution in [3.63, 3.8) is 0 Å². The number of hydrogen-bond acceptors (Lipinski definition) is 4. The van der Waals surface area contributed by atoms with E-state index in [0.717, 1.165) is 6.42 Å². The van der Waals surface area contributed by atoms with E-state index in [1.165, 1.54) is 18.0 Å². The van der Waals surface area contributed by atoms with Crippen LogP contribution in [0.3, 0.4) is 0 Å². The first-order chi connectivity index (χ1) is 7.15. The Labute approximate surface area is 97.2 Å². The van der Waals surface area contributed by atoms with Crippen LogP contribution in [0.15, 0.2) is 23.4 Å². The summed E-state index contributed by atoms with van der Waals surface area (Å²) in [7, 11) is 0. The zero-order valence-electron chi connectivity index (χ0n) is 8.22. The first-order valence-electron chi connectivity index (χ1n) is 4.46. The highest BCUT2D eigenvalue weighted by atomic mass is 35.5. The van der Waals surface area contributed by atoms with Crippen molar-refractivity contribution in [2.75, 3.05) is 5.88 Å². The predicted molar refractivity (Wildman–Crippen MR) is 61.5 cm³/mol. The van der Waals surface area contributed by atoms with Gasteiger partial charge in [0.05, 0.1) is 9.82 Å². The molecule has 1 aromatic rings. The summed E-state index contributed by atoms with van der Waals surface area (Å²) in [4.78, 5) is 14.7. The van der Waals surface area contributed by atoms with Gasteiger partial charge in [-0.3, -0.25) is 15.1 Å². The molecule has 6 heteroatoms. The van der Waals surface area contributed by atoms with E-state index in [2.05, 4.69) is 4.98 Å². The normalized spacial score (nSPS) is 12.4. The van der Waals surface area contributed by atoms with Gasteiger partial charge in [-0.25, -0.2) is 0 Å². The third kappa shape index (κ3) is 3.68. The fourth-order valence-corrected chi connectivity index (χ4v) is 2.55. The van der Waals surface area contributed by atoms with Crippen molar-refractivity contribution < 1.29 is 4.92 Å². The molecule has 1 rings (SSSR count). The number of halogens is 1. The summed E-state index contributed by atoms with van der Waals surface area (Å²) in [5.74, 6) is 0.563. The van der Waals surface area contributed by atoms with Crippen LogP contribution in [0.5, 0.6) is 0 Å². The van der Waals surface area contributed by atoms with Crippen molar-refractivity contribution in [3.05, 3.63) is 28.6 Å². The van der Waals surface area contributed by atoms with Gasteiger partial charge in [0.15, 0.2) is 0 Å². The molecule has 0 radical (unpaired) electrons. The van der Waals surface area contributed by atoms with E-state index in [4.69, 9.17) is 11.6 Å². The minimum atomic E-state index is -0.414. The Kier molecular flexibility index (Phi) is 4.84. The maximum absolute atomic E-state index is 10.7. The lowest BCUT2D eigenvalue weighted by atomic mass is 10.4. The molecule has 0 saturated carbocycles. The number of pyridine rings is 1. The van der Waals surface area contributed by atoms with Gasteiger partial charge in [0.1, 0.15) is 6.20 Å². The molecule has 0 aliphatic heterocycles. The van der Waals surface area contributed by atoms with Crippen molar-refractivity contribution in [1.82, 2.24) is 4.98 Å². The van der Waals surface area contributed by atoms with E-state index in [0.29, 0.717) is 10.8 Å². The summed E-state index contributed by atoms with van der Waals surface area (Å²) in [6, 6.07) is 1.66. The second-order valence-corrected chi connectivity index (χ2v) is 4.86. The number of nitro groups is 1. The molecule has 82 valence electrons. The van der Waals surface area contributed by atoms with Crippen molar-refractivity contribution in [1.29, 1.82) is 0 Å². The standard InChI is InChI=1S/C9H11ClN2O2S/c1-7(2-4-10)15-9-3-5-11-6-8(9)12(13)14/h3,5-7H,2,4H2,1H3. The third-order valence-electron chi connectivity index (χ3n) is 1.80. The van der Waals surface area contributed by atoms with Crippen LogP contribution in [0, 0.1) is 10.1 Å². The average molecular weight is 247 g/mol. The van der Waals surface area contributed by atoms with Crippen LogP contribution in [0.4, 0.5) is 5.69 Å². The topological polar surface area (TPSA) is 56.0 Å². The van der Waals surface area contributed by atoms with Crippen LogP contribution in [0.25, 0.3) is 0 Å². The third-order valence-corrected chi connectivity index (χ3v) is 3.26. The summed E-state index contributed by atoms with van der Waals surface area (Å²) >= 11 is 7.06. The molecule has 0 spiro atoms. The van der Waals surface area contributed by atoms with E-state index in [9.17, 15) is 10.1 Å². The quantitative estimate of drug-likeness (QED) is 0.347. The lowest BCUT2D eigenvalue weighted by Crippen LogP contribution is -1.99. The molecule has 0 aliphatic carbocycles. The molecule has 15 heavy (non-hydrogen) atoms. The minimum absolute atomic E-state index is 0.0592. The van der Waals surface area contributed by atoms with Crippen LogP contribution in [-0.2, 0) is 0 Å². The van der Waals surface area contributed by atoms with E-state index < -0.39 is 4.92 Å². The summed E-state index contributed by atoms with van der Waals surface area (Å²) in [6.07, 6.45) is 3.66. The zero-order chi connectivity index (χ0) is 11.3. The molecule has 0 aliphatic rings. The van der Waals surface area contributed by atoms with Crippen molar-refractivity contribution in [2.45, 2.75) is 23.5 Å². The van der Waals surface area contributed by atoms with Crippen molar-refractivity contribution in [3.8, 4) is 0 Å². The Hall–Kier alpha value is -0.810. The summed E-state index contributed by atoms with van der Waals surface area (Å²) in [5.41, 5.74) is 0.0592. The largest absolute Gasteiger partial charge is 0.300 e. The van der Waals surface area contributed by atoms with Crippen LogP contribution in [0.2, 0.25) is 0 Å². The lowest BCUT2D eigenvalue weighted by Gasteiger charge is -2.08. The smallest absolute Gasteiger partial charge is 0.258 e. The molecule has 1 aromatic heterocycles. The molecular formula is C9H11ClN2O2S. The van der Waals surface area contributed by atoms with Crippen LogP contribution in [0.1, 0.15) is 13.3 Å². The number of alkyl halides is 1. The van der Waals surface area contributed by atoms with E-state index in [1.54, 1.807) is 12.3 Å². The van der Waals surface area contributed by atoms with Crippen LogP contribution < -0.4 is 0 Å². The summed E-state index contributed by atoms with van der Waals surface area (Å²) in [6.45, 7) is 2.00. The molecule has 0 amide bonds. The second kappa shape index (κ2) is 5.92. The average Bonchev–Trinajstić information content (AvgIpc) is 2.18. The highest BCUT2D eigenvalue weighted by Crippen LogP contribution is 2.32. The van der Waals surface area contributed by atoms with Gasteiger partial charge in [-0.2, -0.15) is 0 Å². The van der Waals surface area contributed by atoms with E-state index in [-0.39, 0.29) is 10.9 Å². The van der Waals surface area contributed by atoms with Crippen LogP contribution >= 0.6 is 23.4 Å². The molecule has 0 saturated heterocycles. The molecule has 0 N–H and O–H groups in total. The lowest BCUT2D eigenvalue weighted by molar-refractivity contribution is -0.388. The van der Waals surface area contributed by atoms with Crippen LogP contribution in [-0.4, -0.2) is 21.0 Å². The van der Waals surface area contributed by atoms with Gasteiger partial charge in [0.25, 0.3) is 0 Å². The van der Waals surface area contributed by atoms with Gasteiger partial charge >= 0.3 is 5.69 Å². The Morgan fingerprint density at radius 2 is 2.47 bits per heavy atom. The summed E-state index contributed by atoms with van der Waals surface area (Å²) < 4.78 is 0. The number of aromatic nitrogens is 1. The van der Waals surface area contributed by atoms with Gasteiger partial charge in [0.2, 0.25) is 0 Å². The molecule has 1 unspecified atom stereocenters. The van der Waals surface area contributed by atoms with Gasteiger partial charge in [-0.15, -0.1) is 23.4 Å². The van der Waals surface area contributed by atoms with Gasteiger partial charge in [0, 0.05) is 17.3 Å².